The van der Waals surface area contributed by atoms with E-state index in [1.165, 1.54) is 44.3 Å². The summed E-state index contributed by atoms with van der Waals surface area (Å²) in [5.74, 6) is 2.33. The summed E-state index contributed by atoms with van der Waals surface area (Å²) in [6.45, 7) is 1.05. The SMILES string of the molecule is CSCCCCNc1nccn1C1CCCC1. The van der Waals surface area contributed by atoms with Crippen LogP contribution in [0.25, 0.3) is 0 Å². The highest BCUT2D eigenvalue weighted by atomic mass is 32.2. The number of rotatable bonds is 7. The fraction of sp³-hybridized carbons (Fsp3) is 0.769. The lowest BCUT2D eigenvalue weighted by Crippen LogP contribution is -2.11. The van der Waals surface area contributed by atoms with Crippen LogP contribution in [0.2, 0.25) is 0 Å². The number of hydrogen-bond donors (Lipinski definition) is 1. The van der Waals surface area contributed by atoms with Gasteiger partial charge in [0.2, 0.25) is 5.95 Å². The van der Waals surface area contributed by atoms with Crippen molar-refractivity contribution in [2.45, 2.75) is 44.6 Å². The standard InChI is InChI=1S/C13H23N3S/c1-17-11-5-4-8-14-13-15-9-10-16(13)12-6-2-3-7-12/h9-10,12H,2-8,11H2,1H3,(H,14,15). The van der Waals surface area contributed by atoms with Crippen LogP contribution in [0, 0.1) is 0 Å². The van der Waals surface area contributed by atoms with E-state index in [9.17, 15) is 0 Å². The lowest BCUT2D eigenvalue weighted by atomic mass is 10.2. The maximum absolute atomic E-state index is 4.43. The predicted molar refractivity (Wildman–Crippen MR) is 75.8 cm³/mol. The van der Waals surface area contributed by atoms with Crippen molar-refractivity contribution in [2.24, 2.45) is 0 Å². The Morgan fingerprint density at radius 1 is 1.41 bits per heavy atom. The molecule has 1 heterocycles. The van der Waals surface area contributed by atoms with Gasteiger partial charge in [-0.05, 0) is 37.7 Å². The van der Waals surface area contributed by atoms with Crippen molar-refractivity contribution in [3.8, 4) is 0 Å². The molecule has 2 rings (SSSR count). The van der Waals surface area contributed by atoms with Crippen LogP contribution in [-0.4, -0.2) is 28.1 Å². The third-order valence-corrected chi connectivity index (χ3v) is 4.14. The molecule has 1 fully saturated rings. The van der Waals surface area contributed by atoms with Gasteiger partial charge in [-0.15, -0.1) is 0 Å². The molecule has 96 valence electrons. The second-order valence-corrected chi connectivity index (χ2v) is 5.71. The quantitative estimate of drug-likeness (QED) is 0.754. The van der Waals surface area contributed by atoms with E-state index in [4.69, 9.17) is 0 Å². The Labute approximate surface area is 108 Å². The Morgan fingerprint density at radius 2 is 2.24 bits per heavy atom. The summed E-state index contributed by atoms with van der Waals surface area (Å²) in [7, 11) is 0. The van der Waals surface area contributed by atoms with E-state index < -0.39 is 0 Å². The molecule has 4 heteroatoms. The molecule has 0 spiro atoms. The van der Waals surface area contributed by atoms with Gasteiger partial charge in [-0.25, -0.2) is 4.98 Å². The minimum Gasteiger partial charge on any atom is -0.356 e. The van der Waals surface area contributed by atoms with E-state index in [0.717, 1.165) is 12.5 Å². The van der Waals surface area contributed by atoms with Crippen LogP contribution in [-0.2, 0) is 0 Å². The van der Waals surface area contributed by atoms with Gasteiger partial charge in [0.15, 0.2) is 0 Å². The lowest BCUT2D eigenvalue weighted by molar-refractivity contribution is 0.522. The average molecular weight is 253 g/mol. The van der Waals surface area contributed by atoms with Crippen molar-refractivity contribution in [3.05, 3.63) is 12.4 Å². The van der Waals surface area contributed by atoms with Crippen LogP contribution in [0.4, 0.5) is 5.95 Å². The summed E-state index contributed by atoms with van der Waals surface area (Å²) in [5, 5.41) is 3.47. The zero-order chi connectivity index (χ0) is 11.9. The zero-order valence-corrected chi connectivity index (χ0v) is 11.5. The second-order valence-electron chi connectivity index (χ2n) is 4.72. The van der Waals surface area contributed by atoms with Crippen molar-refractivity contribution in [2.75, 3.05) is 23.9 Å². The van der Waals surface area contributed by atoms with Gasteiger partial charge < -0.3 is 9.88 Å². The first kappa shape index (κ1) is 12.8. The summed E-state index contributed by atoms with van der Waals surface area (Å²) >= 11 is 1.92. The van der Waals surface area contributed by atoms with Crippen LogP contribution in [0.1, 0.15) is 44.6 Å². The summed E-state index contributed by atoms with van der Waals surface area (Å²) in [6.07, 6.45) is 14.1. The fourth-order valence-corrected chi connectivity index (χ4v) is 2.99. The number of hydrogen-bond acceptors (Lipinski definition) is 3. The van der Waals surface area contributed by atoms with Gasteiger partial charge in [0.1, 0.15) is 0 Å². The fourth-order valence-electron chi connectivity index (χ4n) is 2.50. The van der Waals surface area contributed by atoms with Gasteiger partial charge in [0, 0.05) is 25.0 Å². The molecule has 1 saturated carbocycles. The van der Waals surface area contributed by atoms with Crippen molar-refractivity contribution < 1.29 is 0 Å². The topological polar surface area (TPSA) is 29.9 Å². The maximum Gasteiger partial charge on any atom is 0.203 e. The monoisotopic (exact) mass is 253 g/mol. The van der Waals surface area contributed by atoms with Gasteiger partial charge in [0.25, 0.3) is 0 Å². The first-order valence-electron chi connectivity index (χ1n) is 6.67. The van der Waals surface area contributed by atoms with Gasteiger partial charge in [0.05, 0.1) is 0 Å². The molecule has 0 aliphatic heterocycles. The summed E-state index contributed by atoms with van der Waals surface area (Å²) in [5.41, 5.74) is 0. The third kappa shape index (κ3) is 3.66. The molecule has 0 aromatic carbocycles. The average Bonchev–Trinajstić information content (AvgIpc) is 2.98. The molecular formula is C13H23N3S. The number of imidazole rings is 1. The molecule has 0 saturated heterocycles. The molecule has 3 nitrogen and oxygen atoms in total. The van der Waals surface area contributed by atoms with Crippen LogP contribution < -0.4 is 5.32 Å². The van der Waals surface area contributed by atoms with E-state index in [-0.39, 0.29) is 0 Å². The zero-order valence-electron chi connectivity index (χ0n) is 10.7. The minimum absolute atomic E-state index is 0.686. The van der Waals surface area contributed by atoms with Crippen molar-refractivity contribution in [3.63, 3.8) is 0 Å². The predicted octanol–water partition coefficient (Wildman–Crippen LogP) is 3.55. The summed E-state index contributed by atoms with van der Waals surface area (Å²) < 4.78 is 2.33. The van der Waals surface area contributed by atoms with Gasteiger partial charge in [-0.3, -0.25) is 0 Å². The molecule has 1 aromatic heterocycles. The Morgan fingerprint density at radius 3 is 3.00 bits per heavy atom. The van der Waals surface area contributed by atoms with Crippen molar-refractivity contribution in [1.29, 1.82) is 0 Å². The molecule has 1 aromatic rings. The van der Waals surface area contributed by atoms with E-state index in [0.29, 0.717) is 6.04 Å². The molecule has 0 radical (unpaired) electrons. The lowest BCUT2D eigenvalue weighted by Gasteiger charge is -2.15. The Bertz CT molecular complexity index is 318. The smallest absolute Gasteiger partial charge is 0.203 e. The third-order valence-electron chi connectivity index (χ3n) is 3.45. The molecule has 0 atom stereocenters. The second kappa shape index (κ2) is 6.94. The number of thioether (sulfide) groups is 1. The normalized spacial score (nSPS) is 16.5. The van der Waals surface area contributed by atoms with E-state index in [1.54, 1.807) is 0 Å². The van der Waals surface area contributed by atoms with Crippen LogP contribution in [0.15, 0.2) is 12.4 Å². The number of nitrogens with zero attached hydrogens (tertiary/aromatic N) is 2. The molecule has 0 bridgehead atoms. The first-order valence-corrected chi connectivity index (χ1v) is 8.07. The first-order chi connectivity index (χ1) is 8.42. The molecular weight excluding hydrogens is 230 g/mol. The molecule has 0 amide bonds. The van der Waals surface area contributed by atoms with Crippen molar-refractivity contribution in [1.82, 2.24) is 9.55 Å². The van der Waals surface area contributed by atoms with Crippen LogP contribution in [0.5, 0.6) is 0 Å². The number of anilines is 1. The van der Waals surface area contributed by atoms with Crippen LogP contribution >= 0.6 is 11.8 Å². The number of aromatic nitrogens is 2. The summed E-state index contributed by atoms with van der Waals surface area (Å²) in [6, 6.07) is 0.686. The van der Waals surface area contributed by atoms with Gasteiger partial charge >= 0.3 is 0 Å². The van der Waals surface area contributed by atoms with Crippen molar-refractivity contribution >= 4 is 17.7 Å². The van der Waals surface area contributed by atoms with Crippen LogP contribution in [0.3, 0.4) is 0 Å². The highest BCUT2D eigenvalue weighted by Gasteiger charge is 2.18. The Hall–Kier alpha value is -0.640. The minimum atomic E-state index is 0.686. The van der Waals surface area contributed by atoms with E-state index in [1.807, 2.05) is 18.0 Å². The van der Waals surface area contributed by atoms with E-state index >= 15 is 0 Å². The largest absolute Gasteiger partial charge is 0.356 e. The maximum atomic E-state index is 4.43. The molecule has 17 heavy (non-hydrogen) atoms. The van der Waals surface area contributed by atoms with E-state index in [2.05, 4.69) is 27.3 Å². The number of nitrogens with one attached hydrogen (secondary N) is 1. The molecule has 1 aliphatic rings. The Kier molecular flexibility index (Phi) is 5.23. The molecule has 0 unspecified atom stereocenters. The molecule has 1 aliphatic carbocycles. The number of unbranched alkanes of at least 4 members (excludes halogenated alkanes) is 1. The Balaban J connectivity index is 1.78. The molecule has 1 N–H and O–H groups in total. The van der Waals surface area contributed by atoms with Gasteiger partial charge in [-0.2, -0.15) is 11.8 Å². The summed E-state index contributed by atoms with van der Waals surface area (Å²) in [4.78, 5) is 4.43. The van der Waals surface area contributed by atoms with Gasteiger partial charge in [-0.1, -0.05) is 12.8 Å². The highest BCUT2D eigenvalue weighted by Crippen LogP contribution is 2.31. The highest BCUT2D eigenvalue weighted by molar-refractivity contribution is 7.98.